The van der Waals surface area contributed by atoms with E-state index >= 15 is 0 Å². The van der Waals surface area contributed by atoms with E-state index in [1.807, 2.05) is 6.92 Å². The number of methoxy groups -OCH3 is 1. The number of aryl methyl sites for hydroxylation is 1. The molecule has 2 aliphatic heterocycles. The van der Waals surface area contributed by atoms with Gasteiger partial charge in [0.05, 0.1) is 18.4 Å². The lowest BCUT2D eigenvalue weighted by molar-refractivity contribution is 0.121. The summed E-state index contributed by atoms with van der Waals surface area (Å²) < 4.78 is 25.4. The van der Waals surface area contributed by atoms with Crippen molar-refractivity contribution in [2.24, 2.45) is 17.8 Å². The minimum atomic E-state index is -0.339. The second-order valence-corrected chi connectivity index (χ2v) is 8.73. The highest BCUT2D eigenvalue weighted by Crippen LogP contribution is 2.47. The third-order valence-electron chi connectivity index (χ3n) is 6.87. The van der Waals surface area contributed by atoms with Crippen LogP contribution in [-0.4, -0.2) is 29.6 Å². The first-order valence-electron chi connectivity index (χ1n) is 10.1. The van der Waals surface area contributed by atoms with Crippen LogP contribution in [0.4, 0.5) is 4.39 Å². The van der Waals surface area contributed by atoms with E-state index in [4.69, 9.17) is 9.15 Å². The molecule has 4 atom stereocenters. The Labute approximate surface area is 159 Å². The van der Waals surface area contributed by atoms with Crippen molar-refractivity contribution < 1.29 is 13.5 Å². The monoisotopic (exact) mass is 370 g/mol. The van der Waals surface area contributed by atoms with E-state index in [9.17, 15) is 4.39 Å². The van der Waals surface area contributed by atoms with E-state index < -0.39 is 0 Å². The molecule has 2 saturated heterocycles. The Hall–Kier alpha value is -1.88. The Bertz CT molecular complexity index is 835. The van der Waals surface area contributed by atoms with Gasteiger partial charge in [-0.2, -0.15) is 0 Å². The van der Waals surface area contributed by atoms with Crippen molar-refractivity contribution in [1.82, 2.24) is 9.88 Å². The van der Waals surface area contributed by atoms with Gasteiger partial charge in [-0.3, -0.25) is 4.90 Å². The van der Waals surface area contributed by atoms with Gasteiger partial charge in [0.15, 0.2) is 0 Å². The van der Waals surface area contributed by atoms with Gasteiger partial charge in [-0.25, -0.2) is 9.37 Å². The molecule has 144 valence electrons. The minimum absolute atomic E-state index is 0.339. The highest BCUT2D eigenvalue weighted by molar-refractivity contribution is 5.57. The highest BCUT2D eigenvalue weighted by atomic mass is 19.1. The van der Waals surface area contributed by atoms with Crippen LogP contribution in [0.2, 0.25) is 0 Å². The largest absolute Gasteiger partial charge is 0.497 e. The number of rotatable bonds is 4. The number of aromatic nitrogens is 1. The zero-order chi connectivity index (χ0) is 18.5. The van der Waals surface area contributed by atoms with Gasteiger partial charge in [-0.05, 0) is 75.0 Å². The summed E-state index contributed by atoms with van der Waals surface area (Å²) in [4.78, 5) is 7.31. The maximum Gasteiger partial charge on any atom is 0.229 e. The minimum Gasteiger partial charge on any atom is -0.497 e. The Morgan fingerprint density at radius 1 is 1.15 bits per heavy atom. The van der Waals surface area contributed by atoms with Gasteiger partial charge < -0.3 is 9.15 Å². The Balaban J connectivity index is 1.41. The summed E-state index contributed by atoms with van der Waals surface area (Å²) in [6.45, 7) is 3.92. The fourth-order valence-electron chi connectivity index (χ4n) is 5.75. The van der Waals surface area contributed by atoms with Crippen LogP contribution in [0.3, 0.4) is 0 Å². The Kier molecular flexibility index (Phi) is 4.23. The number of nitrogens with zero attached hydrogens (tertiary/aromatic N) is 2. The molecule has 3 heterocycles. The summed E-state index contributed by atoms with van der Waals surface area (Å²) in [5.41, 5.74) is 1.30. The lowest BCUT2D eigenvalue weighted by Gasteiger charge is -2.39. The summed E-state index contributed by atoms with van der Waals surface area (Å²) in [6, 6.07) is 5.33. The second-order valence-electron chi connectivity index (χ2n) is 8.73. The maximum absolute atomic E-state index is 14.3. The summed E-state index contributed by atoms with van der Waals surface area (Å²) in [6.07, 6.45) is 6.93. The second kappa shape index (κ2) is 6.62. The molecule has 1 aromatic carbocycles. The topological polar surface area (TPSA) is 38.5 Å². The van der Waals surface area contributed by atoms with E-state index in [-0.39, 0.29) is 5.82 Å². The number of ether oxygens (including phenoxy) is 1. The number of hydrogen-bond acceptors (Lipinski definition) is 4. The molecule has 4 aliphatic rings. The average Bonchev–Trinajstić information content (AvgIpc) is 2.90. The predicted molar refractivity (Wildman–Crippen MR) is 101 cm³/mol. The van der Waals surface area contributed by atoms with Gasteiger partial charge in [-0.1, -0.05) is 0 Å². The van der Waals surface area contributed by atoms with Crippen LogP contribution < -0.4 is 4.74 Å². The van der Waals surface area contributed by atoms with E-state index in [0.717, 1.165) is 35.8 Å². The molecule has 2 aromatic rings. The summed E-state index contributed by atoms with van der Waals surface area (Å²) >= 11 is 0. The average molecular weight is 370 g/mol. The molecule has 4 bridgehead atoms. The van der Waals surface area contributed by atoms with E-state index in [1.165, 1.54) is 44.7 Å². The lowest BCUT2D eigenvalue weighted by Crippen LogP contribution is -2.37. The van der Waals surface area contributed by atoms with Crippen molar-refractivity contribution in [3.05, 3.63) is 35.5 Å². The molecular weight excluding hydrogens is 343 g/mol. The van der Waals surface area contributed by atoms with Gasteiger partial charge >= 0.3 is 0 Å². The van der Waals surface area contributed by atoms with E-state index in [1.54, 1.807) is 19.2 Å². The molecule has 4 nitrogen and oxygen atoms in total. The summed E-state index contributed by atoms with van der Waals surface area (Å²) in [5, 5.41) is 0. The number of oxazole rings is 1. The Morgan fingerprint density at radius 2 is 1.89 bits per heavy atom. The standard InChI is InChI=1S/C22H27FN2O2/c1-13-21(24-22(27-13)19-10-18(26-2)3-4-20(19)23)12-25-11-16-6-14-5-15(7-16)9-17(25)8-14/h3-4,10,14-17H,5-9,11-12H2,1-2H3/t14-,15+,16?,17?. The third kappa shape index (κ3) is 3.16. The Morgan fingerprint density at radius 3 is 2.63 bits per heavy atom. The molecule has 0 amide bonds. The van der Waals surface area contributed by atoms with Gasteiger partial charge in [0.1, 0.15) is 17.3 Å². The number of fused-ring (bicyclic) bond motifs is 1. The number of halogens is 1. The van der Waals surface area contributed by atoms with Crippen LogP contribution in [0.25, 0.3) is 11.5 Å². The molecular formula is C22H27FN2O2. The quantitative estimate of drug-likeness (QED) is 0.774. The molecule has 5 heteroatoms. The van der Waals surface area contributed by atoms with E-state index in [0.29, 0.717) is 23.2 Å². The van der Waals surface area contributed by atoms with Crippen LogP contribution in [-0.2, 0) is 6.54 Å². The fraction of sp³-hybridized carbons (Fsp3) is 0.591. The molecule has 2 saturated carbocycles. The van der Waals surface area contributed by atoms with Gasteiger partial charge in [0.2, 0.25) is 5.89 Å². The third-order valence-corrected chi connectivity index (χ3v) is 6.87. The smallest absolute Gasteiger partial charge is 0.229 e. The normalized spacial score (nSPS) is 29.9. The van der Waals surface area contributed by atoms with Crippen LogP contribution in [0.5, 0.6) is 5.75 Å². The maximum atomic E-state index is 14.3. The molecule has 0 radical (unpaired) electrons. The summed E-state index contributed by atoms with van der Waals surface area (Å²) in [7, 11) is 1.57. The van der Waals surface area contributed by atoms with Crippen molar-refractivity contribution in [3.8, 4) is 17.2 Å². The molecule has 4 fully saturated rings. The molecule has 6 rings (SSSR count). The fourth-order valence-corrected chi connectivity index (χ4v) is 5.75. The molecule has 0 spiro atoms. The van der Waals surface area contributed by atoms with Crippen molar-refractivity contribution in [2.75, 3.05) is 13.7 Å². The molecule has 27 heavy (non-hydrogen) atoms. The summed E-state index contributed by atoms with van der Waals surface area (Å²) in [5.74, 6) is 4.09. The van der Waals surface area contributed by atoms with Crippen molar-refractivity contribution >= 4 is 0 Å². The van der Waals surface area contributed by atoms with Crippen molar-refractivity contribution in [1.29, 1.82) is 0 Å². The SMILES string of the molecule is COc1ccc(F)c(-c2nc(CN3CC4C[C@@H]5CC3C[C@H](C4)C5)c(C)o2)c1. The lowest BCUT2D eigenvalue weighted by atomic mass is 9.68. The molecule has 0 N–H and O–H groups in total. The molecule has 2 unspecified atom stereocenters. The van der Waals surface area contributed by atoms with Crippen LogP contribution in [0.1, 0.15) is 43.6 Å². The van der Waals surface area contributed by atoms with Gasteiger partial charge in [0, 0.05) is 19.1 Å². The van der Waals surface area contributed by atoms with Crippen LogP contribution in [0, 0.1) is 30.5 Å². The van der Waals surface area contributed by atoms with Gasteiger partial charge in [-0.15, -0.1) is 0 Å². The highest BCUT2D eigenvalue weighted by Gasteiger charge is 2.42. The first kappa shape index (κ1) is 17.2. The first-order valence-corrected chi connectivity index (χ1v) is 10.1. The molecule has 2 aliphatic carbocycles. The van der Waals surface area contributed by atoms with Crippen LogP contribution in [0.15, 0.2) is 22.6 Å². The van der Waals surface area contributed by atoms with Crippen LogP contribution >= 0.6 is 0 Å². The van der Waals surface area contributed by atoms with Gasteiger partial charge in [0.25, 0.3) is 0 Å². The number of hydrogen-bond donors (Lipinski definition) is 0. The number of benzene rings is 1. The zero-order valence-electron chi connectivity index (χ0n) is 16.1. The predicted octanol–water partition coefficient (Wildman–Crippen LogP) is 4.81. The van der Waals surface area contributed by atoms with E-state index in [2.05, 4.69) is 9.88 Å². The zero-order valence-corrected chi connectivity index (χ0v) is 16.1. The first-order chi connectivity index (χ1) is 13.1. The van der Waals surface area contributed by atoms with Crippen molar-refractivity contribution in [3.63, 3.8) is 0 Å². The molecule has 1 aromatic heterocycles. The van der Waals surface area contributed by atoms with Crippen molar-refractivity contribution in [2.45, 2.75) is 51.6 Å².